The van der Waals surface area contributed by atoms with Crippen LogP contribution in [0.3, 0.4) is 0 Å². The minimum Gasteiger partial charge on any atom is -0.475 e. The molecule has 1 saturated heterocycles. The molecular weight excluding hydrogens is 339 g/mol. The lowest BCUT2D eigenvalue weighted by Gasteiger charge is -2.18. The summed E-state index contributed by atoms with van der Waals surface area (Å²) in [7, 11) is 0. The third kappa shape index (κ3) is 5.28. The number of rotatable bonds is 2. The number of aromatic nitrogens is 2. The van der Waals surface area contributed by atoms with Crippen LogP contribution in [0, 0.1) is 6.92 Å². The van der Waals surface area contributed by atoms with Gasteiger partial charge in [-0.05, 0) is 44.5 Å². The summed E-state index contributed by atoms with van der Waals surface area (Å²) in [6.07, 6.45) is -2.93. The molecule has 1 aliphatic heterocycles. The van der Waals surface area contributed by atoms with Crippen molar-refractivity contribution in [2.24, 2.45) is 0 Å². The van der Waals surface area contributed by atoms with Gasteiger partial charge >= 0.3 is 12.1 Å². The Hall–Kier alpha value is -2.42. The van der Waals surface area contributed by atoms with E-state index in [1.54, 1.807) is 0 Å². The van der Waals surface area contributed by atoms with Gasteiger partial charge in [0.05, 0.1) is 0 Å². The topological polar surface area (TPSA) is 88.3 Å². The molecule has 136 valence electrons. The Morgan fingerprint density at radius 2 is 1.84 bits per heavy atom. The van der Waals surface area contributed by atoms with Crippen molar-refractivity contribution in [3.63, 3.8) is 0 Å². The molecule has 9 heteroatoms. The lowest BCUT2D eigenvalue weighted by Crippen LogP contribution is -2.26. The van der Waals surface area contributed by atoms with Gasteiger partial charge in [-0.15, -0.1) is 10.2 Å². The SMILES string of the molecule is Cc1ccccc1-c1nnc(C2CCNCC2)o1.O=C(O)C(F)(F)F. The van der Waals surface area contributed by atoms with Crippen molar-refractivity contribution in [3.05, 3.63) is 35.7 Å². The van der Waals surface area contributed by atoms with Crippen LogP contribution in [0.5, 0.6) is 0 Å². The van der Waals surface area contributed by atoms with E-state index in [2.05, 4.69) is 28.5 Å². The van der Waals surface area contributed by atoms with Crippen molar-refractivity contribution in [1.29, 1.82) is 0 Å². The Morgan fingerprint density at radius 1 is 1.24 bits per heavy atom. The van der Waals surface area contributed by atoms with Gasteiger partial charge in [0.15, 0.2) is 0 Å². The third-order valence-electron chi connectivity index (χ3n) is 3.75. The second-order valence-corrected chi connectivity index (χ2v) is 5.59. The molecule has 0 saturated carbocycles. The minimum absolute atomic E-state index is 0.413. The van der Waals surface area contributed by atoms with E-state index >= 15 is 0 Å². The molecule has 0 unspecified atom stereocenters. The van der Waals surface area contributed by atoms with Crippen LogP contribution >= 0.6 is 0 Å². The summed E-state index contributed by atoms with van der Waals surface area (Å²) in [4.78, 5) is 8.90. The molecule has 0 atom stereocenters. The first-order chi connectivity index (χ1) is 11.8. The maximum atomic E-state index is 10.6. The second kappa shape index (κ2) is 8.11. The van der Waals surface area contributed by atoms with Crippen molar-refractivity contribution >= 4 is 5.97 Å². The third-order valence-corrected chi connectivity index (χ3v) is 3.75. The summed E-state index contributed by atoms with van der Waals surface area (Å²) in [5, 5.41) is 18.9. The highest BCUT2D eigenvalue weighted by atomic mass is 19.4. The van der Waals surface area contributed by atoms with Gasteiger partial charge in [0, 0.05) is 11.5 Å². The zero-order valence-electron chi connectivity index (χ0n) is 13.5. The molecular formula is C16H18F3N3O3. The fourth-order valence-corrected chi connectivity index (χ4v) is 2.39. The molecule has 0 bridgehead atoms. The van der Waals surface area contributed by atoms with Gasteiger partial charge in [-0.2, -0.15) is 13.2 Å². The van der Waals surface area contributed by atoms with Gasteiger partial charge < -0.3 is 14.8 Å². The van der Waals surface area contributed by atoms with Gasteiger partial charge in [0.2, 0.25) is 11.8 Å². The van der Waals surface area contributed by atoms with E-state index in [4.69, 9.17) is 14.3 Å². The summed E-state index contributed by atoms with van der Waals surface area (Å²) >= 11 is 0. The van der Waals surface area contributed by atoms with E-state index in [0.717, 1.165) is 42.9 Å². The second-order valence-electron chi connectivity index (χ2n) is 5.59. The number of carbonyl (C=O) groups is 1. The number of aryl methyl sites for hydroxylation is 1. The first-order valence-electron chi connectivity index (χ1n) is 7.69. The van der Waals surface area contributed by atoms with E-state index in [1.165, 1.54) is 0 Å². The molecule has 25 heavy (non-hydrogen) atoms. The Morgan fingerprint density at radius 3 is 2.40 bits per heavy atom. The summed E-state index contributed by atoms with van der Waals surface area (Å²) in [5.41, 5.74) is 2.20. The van der Waals surface area contributed by atoms with E-state index in [0.29, 0.717) is 11.8 Å². The summed E-state index contributed by atoms with van der Waals surface area (Å²) in [6, 6.07) is 8.10. The number of benzene rings is 1. The van der Waals surface area contributed by atoms with Gasteiger partial charge in [0.25, 0.3) is 0 Å². The quantitative estimate of drug-likeness (QED) is 0.858. The van der Waals surface area contributed by atoms with E-state index < -0.39 is 12.1 Å². The van der Waals surface area contributed by atoms with Gasteiger partial charge in [-0.3, -0.25) is 0 Å². The molecule has 1 aliphatic rings. The molecule has 2 aromatic rings. The smallest absolute Gasteiger partial charge is 0.475 e. The minimum atomic E-state index is -5.08. The number of aliphatic carboxylic acids is 1. The molecule has 2 heterocycles. The van der Waals surface area contributed by atoms with Crippen LogP contribution in [0.2, 0.25) is 0 Å². The Balaban J connectivity index is 0.000000277. The highest BCUT2D eigenvalue weighted by molar-refractivity contribution is 5.73. The lowest BCUT2D eigenvalue weighted by molar-refractivity contribution is -0.192. The largest absolute Gasteiger partial charge is 0.490 e. The molecule has 0 spiro atoms. The van der Waals surface area contributed by atoms with Crippen LogP contribution in [0.15, 0.2) is 28.7 Å². The van der Waals surface area contributed by atoms with Crippen LogP contribution in [0.1, 0.15) is 30.2 Å². The molecule has 0 aliphatic carbocycles. The molecule has 1 aromatic carbocycles. The maximum Gasteiger partial charge on any atom is 0.490 e. The molecule has 1 aromatic heterocycles. The number of nitrogens with one attached hydrogen (secondary N) is 1. The van der Waals surface area contributed by atoms with Gasteiger partial charge in [-0.25, -0.2) is 4.79 Å². The molecule has 3 rings (SSSR count). The van der Waals surface area contributed by atoms with Crippen molar-refractivity contribution in [2.45, 2.75) is 31.9 Å². The van der Waals surface area contributed by atoms with Gasteiger partial charge in [0.1, 0.15) is 0 Å². The number of carboxylic acids is 1. The summed E-state index contributed by atoms with van der Waals surface area (Å²) < 4.78 is 37.6. The summed E-state index contributed by atoms with van der Waals surface area (Å²) in [5.74, 6) is -0.916. The molecule has 6 nitrogen and oxygen atoms in total. The number of nitrogens with zero attached hydrogens (tertiary/aromatic N) is 2. The van der Waals surface area contributed by atoms with Crippen LogP contribution in [-0.4, -0.2) is 40.5 Å². The number of hydrogen-bond donors (Lipinski definition) is 2. The number of halogens is 3. The normalized spacial score (nSPS) is 15.4. The lowest BCUT2D eigenvalue weighted by atomic mass is 9.98. The molecule has 2 N–H and O–H groups in total. The highest BCUT2D eigenvalue weighted by Crippen LogP contribution is 2.28. The predicted octanol–water partition coefficient (Wildman–Crippen LogP) is 3.15. The monoisotopic (exact) mass is 357 g/mol. The van der Waals surface area contributed by atoms with Crippen LogP contribution in [0.25, 0.3) is 11.5 Å². The van der Waals surface area contributed by atoms with Gasteiger partial charge in [-0.1, -0.05) is 18.2 Å². The number of piperidine rings is 1. The molecule has 0 amide bonds. The van der Waals surface area contributed by atoms with Crippen LogP contribution < -0.4 is 5.32 Å². The van der Waals surface area contributed by atoms with E-state index in [9.17, 15) is 13.2 Å². The van der Waals surface area contributed by atoms with E-state index in [1.807, 2.05) is 18.2 Å². The number of alkyl halides is 3. The fourth-order valence-electron chi connectivity index (χ4n) is 2.39. The first-order valence-corrected chi connectivity index (χ1v) is 7.69. The fraction of sp³-hybridized carbons (Fsp3) is 0.438. The average molecular weight is 357 g/mol. The first kappa shape index (κ1) is 18.9. The number of hydrogen-bond acceptors (Lipinski definition) is 5. The Kier molecular flexibility index (Phi) is 6.13. The van der Waals surface area contributed by atoms with Crippen LogP contribution in [0.4, 0.5) is 13.2 Å². The summed E-state index contributed by atoms with van der Waals surface area (Å²) in [6.45, 7) is 4.13. The average Bonchev–Trinajstić information content (AvgIpc) is 3.05. The van der Waals surface area contributed by atoms with Crippen LogP contribution in [-0.2, 0) is 4.79 Å². The van der Waals surface area contributed by atoms with Crippen molar-refractivity contribution in [2.75, 3.05) is 13.1 Å². The highest BCUT2D eigenvalue weighted by Gasteiger charge is 2.38. The number of carboxylic acid groups (broad SMARTS) is 1. The standard InChI is InChI=1S/C14H17N3O.C2HF3O2/c1-10-4-2-3-5-12(10)14-17-16-13(18-14)11-6-8-15-9-7-11;3-2(4,5)1(6)7/h2-5,11,15H,6-9H2,1H3;(H,6,7). The van der Waals surface area contributed by atoms with Crippen molar-refractivity contribution in [1.82, 2.24) is 15.5 Å². The van der Waals surface area contributed by atoms with Crippen molar-refractivity contribution in [3.8, 4) is 11.5 Å². The van der Waals surface area contributed by atoms with E-state index in [-0.39, 0.29) is 0 Å². The predicted molar refractivity (Wildman–Crippen MR) is 83.0 cm³/mol. The zero-order chi connectivity index (χ0) is 18.4. The Labute approximate surface area is 142 Å². The molecule has 0 radical (unpaired) electrons. The Bertz CT molecular complexity index is 710. The van der Waals surface area contributed by atoms with Crippen molar-refractivity contribution < 1.29 is 27.5 Å². The maximum absolute atomic E-state index is 10.6. The molecule has 1 fully saturated rings. The zero-order valence-corrected chi connectivity index (χ0v) is 13.5.